The third-order valence-corrected chi connectivity index (χ3v) is 5.19. The summed E-state index contributed by atoms with van der Waals surface area (Å²) in [5, 5.41) is 0.216. The zero-order valence-electron chi connectivity index (χ0n) is 11.6. The summed E-state index contributed by atoms with van der Waals surface area (Å²) in [6.07, 6.45) is 6.31. The van der Waals surface area contributed by atoms with E-state index in [2.05, 4.69) is 39.8 Å². The third kappa shape index (κ3) is 5.01. The van der Waals surface area contributed by atoms with E-state index in [1.807, 2.05) is 11.3 Å². The van der Waals surface area contributed by atoms with Crippen LogP contribution in [0.4, 0.5) is 0 Å². The second kappa shape index (κ2) is 6.80. The lowest BCUT2D eigenvalue weighted by Gasteiger charge is -2.15. The Morgan fingerprint density at radius 2 is 1.88 bits per heavy atom. The molecule has 1 heterocycles. The van der Waals surface area contributed by atoms with Gasteiger partial charge in [-0.25, -0.2) is 0 Å². The molecule has 1 unspecified atom stereocenters. The van der Waals surface area contributed by atoms with Crippen LogP contribution in [0.25, 0.3) is 0 Å². The molecule has 0 aliphatic heterocycles. The molecule has 0 bridgehead atoms. The van der Waals surface area contributed by atoms with Gasteiger partial charge in [-0.05, 0) is 24.0 Å². The van der Waals surface area contributed by atoms with E-state index < -0.39 is 0 Å². The van der Waals surface area contributed by atoms with Crippen molar-refractivity contribution in [1.82, 2.24) is 0 Å². The summed E-state index contributed by atoms with van der Waals surface area (Å²) >= 11 is 8.34. The Kier molecular flexibility index (Phi) is 6.02. The summed E-state index contributed by atoms with van der Waals surface area (Å²) in [6, 6.07) is 4.45. The topological polar surface area (TPSA) is 0 Å². The number of unbranched alkanes of at least 4 members (excludes halogenated alkanes) is 3. The van der Waals surface area contributed by atoms with Crippen LogP contribution >= 0.6 is 22.9 Å². The van der Waals surface area contributed by atoms with E-state index in [4.69, 9.17) is 11.6 Å². The minimum Gasteiger partial charge on any atom is -0.143 e. The zero-order valence-corrected chi connectivity index (χ0v) is 13.1. The molecule has 2 heteroatoms. The van der Waals surface area contributed by atoms with Crippen LogP contribution in [0.2, 0.25) is 0 Å². The first kappa shape index (κ1) is 15.0. The van der Waals surface area contributed by atoms with E-state index in [1.165, 1.54) is 35.4 Å². The van der Waals surface area contributed by atoms with Crippen LogP contribution in [0.3, 0.4) is 0 Å². The van der Waals surface area contributed by atoms with Crippen molar-refractivity contribution in [2.75, 3.05) is 0 Å². The van der Waals surface area contributed by atoms with Crippen molar-refractivity contribution >= 4 is 22.9 Å². The molecule has 0 saturated heterocycles. The van der Waals surface area contributed by atoms with Gasteiger partial charge in [0, 0.05) is 9.75 Å². The lowest BCUT2D eigenvalue weighted by Crippen LogP contribution is -2.07. The Morgan fingerprint density at radius 3 is 2.41 bits per heavy atom. The van der Waals surface area contributed by atoms with E-state index in [0.717, 1.165) is 6.42 Å². The predicted octanol–water partition coefficient (Wildman–Crippen LogP) is 6.30. The maximum atomic E-state index is 6.46. The predicted molar refractivity (Wildman–Crippen MR) is 80.4 cm³/mol. The monoisotopic (exact) mass is 272 g/mol. The van der Waals surface area contributed by atoms with Gasteiger partial charge in [-0.2, -0.15) is 0 Å². The average molecular weight is 273 g/mol. The fraction of sp³-hybridized carbons (Fsp3) is 0.733. The van der Waals surface area contributed by atoms with Crippen molar-refractivity contribution in [1.29, 1.82) is 0 Å². The van der Waals surface area contributed by atoms with E-state index in [-0.39, 0.29) is 10.8 Å². The number of alkyl halides is 1. The van der Waals surface area contributed by atoms with Crippen LogP contribution in [0.15, 0.2) is 12.1 Å². The van der Waals surface area contributed by atoms with Gasteiger partial charge in [0.25, 0.3) is 0 Å². The lowest BCUT2D eigenvalue weighted by atomic mass is 9.95. The highest BCUT2D eigenvalue weighted by Gasteiger charge is 2.18. The minimum absolute atomic E-state index is 0.216. The van der Waals surface area contributed by atoms with E-state index in [1.54, 1.807) is 0 Å². The Labute approximate surface area is 115 Å². The first-order valence-corrected chi connectivity index (χ1v) is 7.94. The van der Waals surface area contributed by atoms with E-state index >= 15 is 0 Å². The van der Waals surface area contributed by atoms with Crippen LogP contribution in [-0.2, 0) is 5.41 Å². The molecule has 0 nitrogen and oxygen atoms in total. The van der Waals surface area contributed by atoms with Crippen molar-refractivity contribution in [3.8, 4) is 0 Å². The summed E-state index contributed by atoms with van der Waals surface area (Å²) in [6.45, 7) is 9.01. The molecule has 0 amide bonds. The van der Waals surface area contributed by atoms with Crippen LogP contribution < -0.4 is 0 Å². The SMILES string of the molecule is CCCCCCC(Cl)c1ccc(C(C)(C)C)s1. The second-order valence-electron chi connectivity index (χ2n) is 5.77. The third-order valence-electron chi connectivity index (χ3n) is 2.99. The molecule has 17 heavy (non-hydrogen) atoms. The van der Waals surface area contributed by atoms with Gasteiger partial charge in [-0.15, -0.1) is 22.9 Å². The van der Waals surface area contributed by atoms with E-state index in [0.29, 0.717) is 0 Å². The van der Waals surface area contributed by atoms with Crippen LogP contribution in [0.5, 0.6) is 0 Å². The van der Waals surface area contributed by atoms with Gasteiger partial charge in [-0.1, -0.05) is 53.4 Å². The normalized spacial score (nSPS) is 13.9. The quantitative estimate of drug-likeness (QED) is 0.421. The Hall–Kier alpha value is -0.0100. The Bertz CT molecular complexity index is 322. The summed E-state index contributed by atoms with van der Waals surface area (Å²) in [5.41, 5.74) is 0.252. The second-order valence-corrected chi connectivity index (χ2v) is 7.41. The lowest BCUT2D eigenvalue weighted by molar-refractivity contribution is 0.604. The highest BCUT2D eigenvalue weighted by molar-refractivity contribution is 7.12. The first-order chi connectivity index (χ1) is 7.95. The fourth-order valence-corrected chi connectivity index (χ4v) is 3.26. The molecule has 1 aromatic rings. The summed E-state index contributed by atoms with van der Waals surface area (Å²) in [7, 11) is 0. The molecule has 1 atom stereocenters. The van der Waals surface area contributed by atoms with Crippen molar-refractivity contribution in [2.45, 2.75) is 70.6 Å². The van der Waals surface area contributed by atoms with Crippen molar-refractivity contribution in [2.24, 2.45) is 0 Å². The average Bonchev–Trinajstić information content (AvgIpc) is 2.72. The number of rotatable bonds is 6. The molecule has 0 radical (unpaired) electrons. The van der Waals surface area contributed by atoms with Gasteiger partial charge in [0.1, 0.15) is 0 Å². The molecule has 0 aliphatic rings. The fourth-order valence-electron chi connectivity index (χ4n) is 1.82. The molecule has 1 rings (SSSR count). The van der Waals surface area contributed by atoms with Gasteiger partial charge >= 0.3 is 0 Å². The van der Waals surface area contributed by atoms with Crippen LogP contribution in [-0.4, -0.2) is 0 Å². The van der Waals surface area contributed by atoms with Crippen molar-refractivity contribution < 1.29 is 0 Å². The molecule has 1 aromatic heterocycles. The smallest absolute Gasteiger partial charge is 0.0678 e. The maximum absolute atomic E-state index is 6.46. The molecule has 0 saturated carbocycles. The van der Waals surface area contributed by atoms with Crippen molar-refractivity contribution in [3.63, 3.8) is 0 Å². The highest BCUT2D eigenvalue weighted by Crippen LogP contribution is 2.36. The highest BCUT2D eigenvalue weighted by atomic mass is 35.5. The van der Waals surface area contributed by atoms with E-state index in [9.17, 15) is 0 Å². The van der Waals surface area contributed by atoms with Crippen LogP contribution in [0, 0.1) is 0 Å². The molecule has 0 spiro atoms. The minimum atomic E-state index is 0.216. The molecule has 0 aromatic carbocycles. The van der Waals surface area contributed by atoms with Gasteiger partial charge in [0.2, 0.25) is 0 Å². The van der Waals surface area contributed by atoms with Crippen molar-refractivity contribution in [3.05, 3.63) is 21.9 Å². The first-order valence-electron chi connectivity index (χ1n) is 6.69. The number of halogens is 1. The van der Waals surface area contributed by atoms with Gasteiger partial charge in [0.05, 0.1) is 5.38 Å². The summed E-state index contributed by atoms with van der Waals surface area (Å²) in [5.74, 6) is 0. The van der Waals surface area contributed by atoms with Crippen LogP contribution in [0.1, 0.15) is 74.9 Å². The number of hydrogen-bond acceptors (Lipinski definition) is 1. The van der Waals surface area contributed by atoms with Gasteiger partial charge in [0.15, 0.2) is 0 Å². The molecular weight excluding hydrogens is 248 g/mol. The molecule has 0 N–H and O–H groups in total. The number of thiophene rings is 1. The number of hydrogen-bond donors (Lipinski definition) is 0. The molecule has 98 valence electrons. The molecule has 0 fully saturated rings. The summed E-state index contributed by atoms with van der Waals surface area (Å²) in [4.78, 5) is 2.78. The maximum Gasteiger partial charge on any atom is 0.0678 e. The molecular formula is C15H25ClS. The van der Waals surface area contributed by atoms with Gasteiger partial charge < -0.3 is 0 Å². The summed E-state index contributed by atoms with van der Waals surface area (Å²) < 4.78 is 0. The Balaban J connectivity index is 2.47. The largest absolute Gasteiger partial charge is 0.143 e. The van der Waals surface area contributed by atoms with Gasteiger partial charge in [-0.3, -0.25) is 0 Å². The Morgan fingerprint density at radius 1 is 1.18 bits per heavy atom. The zero-order chi connectivity index (χ0) is 12.9. The molecule has 0 aliphatic carbocycles. The standard InChI is InChI=1S/C15H25ClS/c1-5-6-7-8-9-12(16)13-10-11-14(17-13)15(2,3)4/h10-12H,5-9H2,1-4H3.